The van der Waals surface area contributed by atoms with Crippen LogP contribution in [-0.2, 0) is 14.8 Å². The zero-order valence-electron chi connectivity index (χ0n) is 11.7. The Labute approximate surface area is 129 Å². The van der Waals surface area contributed by atoms with E-state index in [0.717, 1.165) is 0 Å². The molecule has 1 aliphatic rings. The number of nitrogens with two attached hydrogens (primary N) is 1. The summed E-state index contributed by atoms with van der Waals surface area (Å²) in [6, 6.07) is 5.82. The van der Waals surface area contributed by atoms with Gasteiger partial charge in [-0.1, -0.05) is 17.7 Å². The van der Waals surface area contributed by atoms with E-state index in [1.165, 1.54) is 16.4 Å². The van der Waals surface area contributed by atoms with E-state index in [1.54, 1.807) is 19.1 Å². The Morgan fingerprint density at radius 3 is 2.43 bits per heavy atom. The highest BCUT2D eigenvalue weighted by Gasteiger charge is 2.31. The highest BCUT2D eigenvalue weighted by atomic mass is 35.5. The molecule has 1 amide bonds. The molecule has 0 saturated carbocycles. The van der Waals surface area contributed by atoms with Crippen LogP contribution in [0.1, 0.15) is 6.92 Å². The van der Waals surface area contributed by atoms with E-state index in [4.69, 9.17) is 17.3 Å². The first kappa shape index (κ1) is 16.2. The predicted octanol–water partition coefficient (Wildman–Crippen LogP) is 0.520. The molecule has 2 N–H and O–H groups in total. The van der Waals surface area contributed by atoms with Crippen LogP contribution in [0.3, 0.4) is 0 Å². The molecule has 0 spiro atoms. The molecule has 1 aromatic carbocycles. The number of carbonyl (C=O) groups is 1. The number of rotatable bonds is 4. The number of piperazine rings is 1. The Morgan fingerprint density at radius 1 is 1.29 bits per heavy atom. The number of carbonyl (C=O) groups excluding carboxylic acids is 1. The number of amides is 1. The van der Waals surface area contributed by atoms with E-state index in [1.807, 2.05) is 4.90 Å². The zero-order chi connectivity index (χ0) is 15.6. The van der Waals surface area contributed by atoms with Crippen LogP contribution in [-0.4, -0.2) is 55.8 Å². The minimum atomic E-state index is -3.55. The molecule has 0 aromatic heterocycles. The monoisotopic (exact) mass is 331 g/mol. The minimum Gasteiger partial charge on any atom is -0.368 e. The van der Waals surface area contributed by atoms with Crippen molar-refractivity contribution in [3.05, 3.63) is 29.3 Å². The Hall–Kier alpha value is -1.15. The molecule has 0 radical (unpaired) electrons. The number of sulfonamides is 1. The molecule has 0 aliphatic carbocycles. The first-order chi connectivity index (χ1) is 9.82. The summed E-state index contributed by atoms with van der Waals surface area (Å²) in [6.07, 6.45) is 0. The lowest BCUT2D eigenvalue weighted by atomic mass is 10.2. The molecule has 1 saturated heterocycles. The van der Waals surface area contributed by atoms with Gasteiger partial charge in [0.15, 0.2) is 0 Å². The summed E-state index contributed by atoms with van der Waals surface area (Å²) >= 11 is 5.85. The lowest BCUT2D eigenvalue weighted by Gasteiger charge is -2.36. The number of hydrogen-bond acceptors (Lipinski definition) is 4. The highest BCUT2D eigenvalue weighted by Crippen LogP contribution is 2.21. The van der Waals surface area contributed by atoms with Gasteiger partial charge in [-0.25, -0.2) is 8.42 Å². The Morgan fingerprint density at radius 2 is 1.90 bits per heavy atom. The van der Waals surface area contributed by atoms with Crippen molar-refractivity contribution >= 4 is 27.5 Å². The van der Waals surface area contributed by atoms with Crippen LogP contribution >= 0.6 is 11.6 Å². The maximum atomic E-state index is 12.5. The predicted molar refractivity (Wildman–Crippen MR) is 80.4 cm³/mol. The summed E-state index contributed by atoms with van der Waals surface area (Å²) in [5.74, 6) is -0.402. The van der Waals surface area contributed by atoms with Crippen molar-refractivity contribution in [3.63, 3.8) is 0 Å². The van der Waals surface area contributed by atoms with Gasteiger partial charge in [0.1, 0.15) is 0 Å². The quantitative estimate of drug-likeness (QED) is 0.871. The third kappa shape index (κ3) is 3.55. The number of halogens is 1. The van der Waals surface area contributed by atoms with Crippen LogP contribution in [0.15, 0.2) is 29.2 Å². The summed E-state index contributed by atoms with van der Waals surface area (Å²) < 4.78 is 26.4. The fourth-order valence-corrected chi connectivity index (χ4v) is 4.01. The van der Waals surface area contributed by atoms with Crippen molar-refractivity contribution in [2.24, 2.45) is 5.73 Å². The molecule has 8 heteroatoms. The zero-order valence-corrected chi connectivity index (χ0v) is 13.3. The van der Waals surface area contributed by atoms with Gasteiger partial charge in [0, 0.05) is 31.2 Å². The van der Waals surface area contributed by atoms with Gasteiger partial charge in [0.2, 0.25) is 15.9 Å². The molecule has 116 valence electrons. The van der Waals surface area contributed by atoms with Gasteiger partial charge < -0.3 is 5.73 Å². The smallest absolute Gasteiger partial charge is 0.243 e. The minimum absolute atomic E-state index is 0.186. The van der Waals surface area contributed by atoms with Gasteiger partial charge in [0.25, 0.3) is 0 Å². The number of primary amides is 1. The Balaban J connectivity index is 2.09. The normalized spacial score (nSPS) is 19.3. The molecule has 1 heterocycles. The van der Waals surface area contributed by atoms with Crippen molar-refractivity contribution in [3.8, 4) is 0 Å². The van der Waals surface area contributed by atoms with Gasteiger partial charge in [0.05, 0.1) is 10.9 Å². The molecular formula is C13H18ClN3O3S. The van der Waals surface area contributed by atoms with Gasteiger partial charge in [-0.3, -0.25) is 9.69 Å². The number of hydrogen-bond donors (Lipinski definition) is 1. The summed E-state index contributed by atoms with van der Waals surface area (Å²) in [4.78, 5) is 13.2. The van der Waals surface area contributed by atoms with Crippen molar-refractivity contribution in [2.75, 3.05) is 26.2 Å². The molecule has 0 bridgehead atoms. The molecule has 21 heavy (non-hydrogen) atoms. The fourth-order valence-electron chi connectivity index (χ4n) is 2.29. The standard InChI is InChI=1S/C13H18ClN3O3S/c1-10(13(15)18)16-5-7-17(8-6-16)21(19,20)12-4-2-3-11(14)9-12/h2-4,9-10H,5-8H2,1H3,(H2,15,18)/t10-/m1/s1. The average Bonchev–Trinajstić information content (AvgIpc) is 2.46. The molecule has 2 rings (SSSR count). The van der Waals surface area contributed by atoms with E-state index in [2.05, 4.69) is 0 Å². The molecule has 1 fully saturated rings. The summed E-state index contributed by atoms with van der Waals surface area (Å²) in [5.41, 5.74) is 5.27. The van der Waals surface area contributed by atoms with Crippen molar-refractivity contribution in [2.45, 2.75) is 17.9 Å². The van der Waals surface area contributed by atoms with Crippen molar-refractivity contribution in [1.82, 2.24) is 9.21 Å². The second kappa shape index (κ2) is 6.31. The van der Waals surface area contributed by atoms with Gasteiger partial charge >= 0.3 is 0 Å². The topological polar surface area (TPSA) is 83.7 Å². The molecular weight excluding hydrogens is 314 g/mol. The largest absolute Gasteiger partial charge is 0.368 e. The van der Waals surface area contributed by atoms with Crippen LogP contribution in [0.2, 0.25) is 5.02 Å². The molecule has 6 nitrogen and oxygen atoms in total. The highest BCUT2D eigenvalue weighted by molar-refractivity contribution is 7.89. The first-order valence-electron chi connectivity index (χ1n) is 6.61. The molecule has 1 atom stereocenters. The van der Waals surface area contributed by atoms with E-state index >= 15 is 0 Å². The van der Waals surface area contributed by atoms with Gasteiger partial charge in [-0.15, -0.1) is 0 Å². The maximum absolute atomic E-state index is 12.5. The van der Waals surface area contributed by atoms with Crippen LogP contribution in [0.25, 0.3) is 0 Å². The maximum Gasteiger partial charge on any atom is 0.243 e. The van der Waals surface area contributed by atoms with Crippen LogP contribution in [0.5, 0.6) is 0 Å². The summed E-state index contributed by atoms with van der Waals surface area (Å²) in [5, 5.41) is 0.386. The lowest BCUT2D eigenvalue weighted by Crippen LogP contribution is -2.54. The second-order valence-corrected chi connectivity index (χ2v) is 7.35. The van der Waals surface area contributed by atoms with E-state index in [9.17, 15) is 13.2 Å². The summed E-state index contributed by atoms with van der Waals surface area (Å²) in [7, 11) is -3.55. The third-order valence-electron chi connectivity index (χ3n) is 3.67. The third-order valence-corrected chi connectivity index (χ3v) is 5.80. The first-order valence-corrected chi connectivity index (χ1v) is 8.43. The van der Waals surface area contributed by atoms with E-state index < -0.39 is 15.9 Å². The average molecular weight is 332 g/mol. The lowest BCUT2D eigenvalue weighted by molar-refractivity contribution is -0.123. The fraction of sp³-hybridized carbons (Fsp3) is 0.462. The Bertz CT molecular complexity index is 627. The van der Waals surface area contributed by atoms with Crippen LogP contribution < -0.4 is 5.73 Å². The molecule has 0 unspecified atom stereocenters. The summed E-state index contributed by atoms with van der Waals surface area (Å²) in [6.45, 7) is 3.33. The van der Waals surface area contributed by atoms with Crippen LogP contribution in [0.4, 0.5) is 0 Å². The number of benzene rings is 1. The SMILES string of the molecule is C[C@H](C(N)=O)N1CCN(S(=O)(=O)c2cccc(Cl)c2)CC1. The van der Waals surface area contributed by atoms with Gasteiger partial charge in [-0.2, -0.15) is 4.31 Å². The second-order valence-electron chi connectivity index (χ2n) is 4.98. The van der Waals surface area contributed by atoms with E-state index in [0.29, 0.717) is 31.2 Å². The van der Waals surface area contributed by atoms with Gasteiger partial charge in [-0.05, 0) is 25.1 Å². The van der Waals surface area contributed by atoms with Crippen molar-refractivity contribution in [1.29, 1.82) is 0 Å². The Kier molecular flexibility index (Phi) is 4.88. The molecule has 1 aromatic rings. The van der Waals surface area contributed by atoms with Crippen LogP contribution in [0, 0.1) is 0 Å². The number of nitrogens with zero attached hydrogens (tertiary/aromatic N) is 2. The molecule has 1 aliphatic heterocycles. The van der Waals surface area contributed by atoms with Crippen molar-refractivity contribution < 1.29 is 13.2 Å². The van der Waals surface area contributed by atoms with E-state index in [-0.39, 0.29) is 10.9 Å².